The third-order valence-electron chi connectivity index (χ3n) is 4.48. The highest BCUT2D eigenvalue weighted by Gasteiger charge is 2.19. The minimum Gasteiger partial charge on any atom is -0.486 e. The fourth-order valence-electron chi connectivity index (χ4n) is 2.90. The van der Waals surface area contributed by atoms with Crippen molar-refractivity contribution in [2.45, 2.75) is 19.6 Å². The first-order valence-corrected chi connectivity index (χ1v) is 11.0. The molecule has 4 aromatic rings. The number of halogens is 3. The van der Waals surface area contributed by atoms with Crippen molar-refractivity contribution >= 4 is 46.5 Å². The number of urea groups is 1. The minimum absolute atomic E-state index is 0.151. The lowest BCUT2D eigenvalue weighted by Crippen LogP contribution is -2.32. The first-order chi connectivity index (χ1) is 16.4. The Balaban J connectivity index is 1.43. The first kappa shape index (κ1) is 23.7. The molecule has 0 aliphatic carbocycles. The molecule has 0 spiro atoms. The number of ether oxygens (including phenoxy) is 1. The van der Waals surface area contributed by atoms with Gasteiger partial charge >= 0.3 is 6.03 Å². The molecule has 10 nitrogen and oxygen atoms in total. The molecule has 3 heterocycles. The molecule has 34 heavy (non-hydrogen) atoms. The first-order valence-electron chi connectivity index (χ1n) is 9.88. The number of hydrogen-bond acceptors (Lipinski definition) is 7. The van der Waals surface area contributed by atoms with Gasteiger partial charge < -0.3 is 15.4 Å². The number of amides is 2. The number of aromatic nitrogens is 6. The Labute approximate surface area is 209 Å². The maximum atomic E-state index is 12.7. The van der Waals surface area contributed by atoms with Gasteiger partial charge in [0.25, 0.3) is 5.95 Å². The van der Waals surface area contributed by atoms with Gasteiger partial charge in [0.15, 0.2) is 5.82 Å². The lowest BCUT2D eigenvalue weighted by molar-refractivity contribution is 0.248. The average Bonchev–Trinajstić information content (AvgIpc) is 3.32. The van der Waals surface area contributed by atoms with Gasteiger partial charge in [-0.15, -0.1) is 0 Å². The topological polar surface area (TPSA) is 120 Å². The van der Waals surface area contributed by atoms with Crippen LogP contribution in [-0.4, -0.2) is 35.7 Å². The van der Waals surface area contributed by atoms with Gasteiger partial charge in [-0.3, -0.25) is 4.98 Å². The number of hydrogen-bond donors (Lipinski definition) is 2. The number of nitrogens with zero attached hydrogens (tertiary/aromatic N) is 6. The number of carbonyl (C=O) groups is 1. The Kier molecular flexibility index (Phi) is 7.41. The van der Waals surface area contributed by atoms with Crippen LogP contribution in [0.3, 0.4) is 0 Å². The summed E-state index contributed by atoms with van der Waals surface area (Å²) in [5, 5.41) is 10.7. The molecule has 3 aromatic heterocycles. The van der Waals surface area contributed by atoms with Crippen LogP contribution in [0.4, 0.5) is 10.5 Å². The number of benzene rings is 1. The summed E-state index contributed by atoms with van der Waals surface area (Å²) in [7, 11) is 0. The largest absolute Gasteiger partial charge is 0.486 e. The van der Waals surface area contributed by atoms with E-state index in [1.165, 1.54) is 29.3 Å². The van der Waals surface area contributed by atoms with Crippen molar-refractivity contribution in [1.82, 2.24) is 35.0 Å². The molecule has 13 heteroatoms. The van der Waals surface area contributed by atoms with Gasteiger partial charge in [0.1, 0.15) is 18.7 Å². The van der Waals surface area contributed by atoms with Crippen molar-refractivity contribution in [3.63, 3.8) is 0 Å². The molecule has 0 radical (unpaired) electrons. The molecule has 0 bridgehead atoms. The van der Waals surface area contributed by atoms with E-state index in [0.717, 1.165) is 0 Å². The zero-order chi connectivity index (χ0) is 24.1. The van der Waals surface area contributed by atoms with E-state index in [9.17, 15) is 4.79 Å². The number of anilines is 1. The monoisotopic (exact) mass is 518 g/mol. The summed E-state index contributed by atoms with van der Waals surface area (Å²) in [6.45, 7) is 1.90. The van der Waals surface area contributed by atoms with E-state index >= 15 is 0 Å². The van der Waals surface area contributed by atoms with Crippen LogP contribution in [0.2, 0.25) is 15.1 Å². The van der Waals surface area contributed by atoms with Crippen molar-refractivity contribution in [3.05, 3.63) is 81.8 Å². The van der Waals surface area contributed by atoms with Crippen LogP contribution in [0.15, 0.2) is 55.2 Å². The molecule has 1 aromatic carbocycles. The van der Waals surface area contributed by atoms with Crippen molar-refractivity contribution in [2.24, 2.45) is 0 Å². The Morgan fingerprint density at radius 1 is 1.09 bits per heavy atom. The number of pyridine rings is 1. The molecule has 174 valence electrons. The van der Waals surface area contributed by atoms with E-state index in [2.05, 4.69) is 35.7 Å². The zero-order valence-electron chi connectivity index (χ0n) is 17.6. The van der Waals surface area contributed by atoms with E-state index in [1.807, 2.05) is 0 Å². The lowest BCUT2D eigenvalue weighted by atomic mass is 10.3. The Hall–Kier alpha value is -3.47. The third-order valence-corrected chi connectivity index (χ3v) is 5.32. The predicted octanol–water partition coefficient (Wildman–Crippen LogP) is 4.87. The zero-order valence-corrected chi connectivity index (χ0v) is 19.9. The van der Waals surface area contributed by atoms with Crippen LogP contribution >= 0.6 is 34.8 Å². The Morgan fingerprint density at radius 2 is 1.88 bits per heavy atom. The SMILES string of the molecule is CC(NC(=O)Nc1cc(OCc2ccc(Cl)cn2)c(Cl)cc1Cl)c1ncnn1-c1ncccn1. The van der Waals surface area contributed by atoms with E-state index in [4.69, 9.17) is 39.5 Å². The number of rotatable bonds is 7. The van der Waals surface area contributed by atoms with Crippen molar-refractivity contribution in [1.29, 1.82) is 0 Å². The van der Waals surface area contributed by atoms with Gasteiger partial charge in [0.2, 0.25) is 0 Å². The maximum Gasteiger partial charge on any atom is 0.319 e. The summed E-state index contributed by atoms with van der Waals surface area (Å²) < 4.78 is 7.18. The fraction of sp³-hybridized carbons (Fsp3) is 0.143. The van der Waals surface area contributed by atoms with Gasteiger partial charge in [0, 0.05) is 24.7 Å². The van der Waals surface area contributed by atoms with Crippen LogP contribution in [0.25, 0.3) is 5.95 Å². The molecular weight excluding hydrogens is 503 g/mol. The van der Waals surface area contributed by atoms with Crippen LogP contribution < -0.4 is 15.4 Å². The second kappa shape index (κ2) is 10.6. The van der Waals surface area contributed by atoms with E-state index in [-0.39, 0.29) is 16.7 Å². The molecular formula is C21H17Cl3N8O2. The second-order valence-corrected chi connectivity index (χ2v) is 8.17. The van der Waals surface area contributed by atoms with Crippen molar-refractivity contribution in [2.75, 3.05) is 5.32 Å². The van der Waals surface area contributed by atoms with Crippen LogP contribution in [0, 0.1) is 0 Å². The van der Waals surface area contributed by atoms with Crippen molar-refractivity contribution in [3.8, 4) is 11.7 Å². The summed E-state index contributed by atoms with van der Waals surface area (Å²) >= 11 is 18.4. The summed E-state index contributed by atoms with van der Waals surface area (Å²) in [4.78, 5) is 29.3. The highest BCUT2D eigenvalue weighted by Crippen LogP contribution is 2.34. The van der Waals surface area contributed by atoms with Gasteiger partial charge in [0.05, 0.1) is 32.5 Å². The van der Waals surface area contributed by atoms with Gasteiger partial charge in [-0.05, 0) is 31.2 Å². The van der Waals surface area contributed by atoms with Crippen LogP contribution in [0.5, 0.6) is 5.75 Å². The molecule has 2 N–H and O–H groups in total. The quantitative estimate of drug-likeness (QED) is 0.357. The minimum atomic E-state index is -0.524. The smallest absolute Gasteiger partial charge is 0.319 e. The molecule has 4 rings (SSSR count). The van der Waals surface area contributed by atoms with E-state index < -0.39 is 12.1 Å². The third kappa shape index (κ3) is 5.71. The molecule has 0 fully saturated rings. The Bertz CT molecular complexity index is 1290. The summed E-state index contributed by atoms with van der Waals surface area (Å²) in [5.41, 5.74) is 0.964. The standard InChI is InChI=1S/C21H17Cl3N8O2/c1-12(19-28-11-29-32(19)20-25-5-2-6-26-20)30-21(33)31-17-8-18(16(24)7-15(17)23)34-10-14-4-3-13(22)9-27-14/h2-9,11-12H,10H2,1H3,(H2,30,31,33). The van der Waals surface area contributed by atoms with Gasteiger partial charge in [-0.1, -0.05) is 34.8 Å². The fourth-order valence-corrected chi connectivity index (χ4v) is 3.50. The lowest BCUT2D eigenvalue weighted by Gasteiger charge is -2.16. The highest BCUT2D eigenvalue weighted by atomic mass is 35.5. The van der Waals surface area contributed by atoms with E-state index in [1.54, 1.807) is 37.5 Å². The Morgan fingerprint density at radius 3 is 2.62 bits per heavy atom. The molecule has 1 atom stereocenters. The second-order valence-electron chi connectivity index (χ2n) is 6.92. The molecule has 2 amide bonds. The van der Waals surface area contributed by atoms with Gasteiger partial charge in [-0.25, -0.2) is 19.7 Å². The maximum absolute atomic E-state index is 12.7. The number of carbonyl (C=O) groups excluding carboxylic acids is 1. The number of nitrogens with one attached hydrogen (secondary N) is 2. The molecule has 0 saturated carbocycles. The predicted molar refractivity (Wildman–Crippen MR) is 128 cm³/mol. The molecule has 0 saturated heterocycles. The molecule has 0 aliphatic rings. The van der Waals surface area contributed by atoms with Gasteiger partial charge in [-0.2, -0.15) is 9.78 Å². The van der Waals surface area contributed by atoms with E-state index in [0.29, 0.717) is 33.9 Å². The van der Waals surface area contributed by atoms with Crippen LogP contribution in [0.1, 0.15) is 24.5 Å². The average molecular weight is 520 g/mol. The van der Waals surface area contributed by atoms with Crippen molar-refractivity contribution < 1.29 is 9.53 Å². The summed E-state index contributed by atoms with van der Waals surface area (Å²) in [6, 6.07) is 7.10. The van der Waals surface area contributed by atoms with Crippen LogP contribution in [-0.2, 0) is 6.61 Å². The summed E-state index contributed by atoms with van der Waals surface area (Å²) in [5.74, 6) is 1.11. The molecule has 1 unspecified atom stereocenters. The normalized spacial score (nSPS) is 11.6. The molecule has 0 aliphatic heterocycles. The highest BCUT2D eigenvalue weighted by molar-refractivity contribution is 6.37. The summed E-state index contributed by atoms with van der Waals surface area (Å²) in [6.07, 6.45) is 6.05.